The minimum Gasteiger partial charge on any atom is -0.491 e. The van der Waals surface area contributed by atoms with Gasteiger partial charge in [0.2, 0.25) is 0 Å². The zero-order valence-electron chi connectivity index (χ0n) is 13.2. The van der Waals surface area contributed by atoms with E-state index >= 15 is 0 Å². The molecule has 0 radical (unpaired) electrons. The van der Waals surface area contributed by atoms with Gasteiger partial charge in [-0.3, -0.25) is 0 Å². The first-order chi connectivity index (χ1) is 10.2. The molecule has 1 saturated carbocycles. The van der Waals surface area contributed by atoms with Crippen molar-refractivity contribution in [2.24, 2.45) is 11.8 Å². The molecule has 1 fully saturated rings. The molecule has 0 saturated heterocycles. The smallest absolute Gasteiger partial charge is 0.369 e. The lowest BCUT2D eigenvalue weighted by molar-refractivity contribution is -0.185. The van der Waals surface area contributed by atoms with Crippen LogP contribution < -0.4 is 0 Å². The van der Waals surface area contributed by atoms with Gasteiger partial charge in [-0.1, -0.05) is 38.7 Å². The van der Waals surface area contributed by atoms with Crippen LogP contribution in [-0.4, -0.2) is 18.5 Å². The Balaban J connectivity index is 1.79. The number of hydrogen-bond acceptors (Lipinski definition) is 1. The third-order valence-electron chi connectivity index (χ3n) is 4.83. The van der Waals surface area contributed by atoms with E-state index in [9.17, 15) is 17.6 Å². The molecule has 0 aromatic heterocycles. The molecule has 2 aliphatic rings. The van der Waals surface area contributed by atoms with Crippen LogP contribution in [0.1, 0.15) is 52.4 Å². The summed E-state index contributed by atoms with van der Waals surface area (Å²) in [5.41, 5.74) is -0.638. The van der Waals surface area contributed by atoms with Crippen LogP contribution in [0.25, 0.3) is 0 Å². The zero-order valence-corrected chi connectivity index (χ0v) is 13.2. The van der Waals surface area contributed by atoms with Crippen LogP contribution in [0.5, 0.6) is 0 Å². The number of rotatable bonds is 5. The fourth-order valence-electron chi connectivity index (χ4n) is 3.12. The summed E-state index contributed by atoms with van der Waals surface area (Å²) in [6.07, 6.45) is 8.28. The Bertz CT molecular complexity index is 446. The average molecular weight is 320 g/mol. The van der Waals surface area contributed by atoms with E-state index in [1.807, 2.05) is 0 Å². The Morgan fingerprint density at radius 1 is 1.05 bits per heavy atom. The highest BCUT2D eigenvalue weighted by Gasteiger charge is 2.62. The van der Waals surface area contributed by atoms with E-state index in [1.54, 1.807) is 0 Å². The molecule has 0 amide bonds. The molecule has 22 heavy (non-hydrogen) atoms. The molecule has 0 N–H and O–H groups in total. The fraction of sp³-hybridized carbons (Fsp3) is 0.765. The highest BCUT2D eigenvalue weighted by molar-refractivity contribution is 5.33. The van der Waals surface area contributed by atoms with Crippen molar-refractivity contribution in [2.45, 2.75) is 64.2 Å². The van der Waals surface area contributed by atoms with Crippen LogP contribution in [-0.2, 0) is 4.74 Å². The highest BCUT2D eigenvalue weighted by Crippen LogP contribution is 2.47. The van der Waals surface area contributed by atoms with Gasteiger partial charge in [-0.2, -0.15) is 17.6 Å². The van der Waals surface area contributed by atoms with E-state index in [1.165, 1.54) is 25.7 Å². The predicted octanol–water partition coefficient (Wildman–Crippen LogP) is 5.72. The molecular formula is C17H24F4O. The second kappa shape index (κ2) is 6.63. The van der Waals surface area contributed by atoms with E-state index in [2.05, 4.69) is 6.92 Å². The number of hydrogen-bond donors (Lipinski definition) is 0. The Morgan fingerprint density at radius 3 is 2.32 bits per heavy atom. The topological polar surface area (TPSA) is 9.23 Å². The van der Waals surface area contributed by atoms with Crippen molar-refractivity contribution >= 4 is 0 Å². The van der Waals surface area contributed by atoms with Crippen molar-refractivity contribution in [3.8, 4) is 0 Å². The van der Waals surface area contributed by atoms with Gasteiger partial charge in [0.25, 0.3) is 0 Å². The van der Waals surface area contributed by atoms with Crippen molar-refractivity contribution in [1.29, 1.82) is 0 Å². The Morgan fingerprint density at radius 2 is 1.68 bits per heavy atom. The Kier molecular flexibility index (Phi) is 5.23. The quantitative estimate of drug-likeness (QED) is 0.465. The molecule has 2 rings (SSSR count). The average Bonchev–Trinajstić information content (AvgIpc) is 2.46. The molecule has 0 spiro atoms. The SMILES string of the molecule is CC1=CC=C(OCCCC2CCC(C)CC2)C(F)(F)C1(F)F. The normalized spacial score (nSPS) is 30.5. The molecule has 5 heteroatoms. The molecule has 0 heterocycles. The van der Waals surface area contributed by atoms with Gasteiger partial charge in [0.1, 0.15) is 0 Å². The molecule has 2 aliphatic carbocycles. The van der Waals surface area contributed by atoms with Crippen molar-refractivity contribution in [2.75, 3.05) is 6.61 Å². The molecule has 1 nitrogen and oxygen atoms in total. The second-order valence-corrected chi connectivity index (χ2v) is 6.65. The third kappa shape index (κ3) is 3.49. The minimum atomic E-state index is -4.26. The monoisotopic (exact) mass is 320 g/mol. The maximum Gasteiger partial charge on any atom is 0.369 e. The largest absolute Gasteiger partial charge is 0.491 e. The van der Waals surface area contributed by atoms with E-state index in [-0.39, 0.29) is 6.61 Å². The number of allylic oxidation sites excluding steroid dienone is 4. The lowest BCUT2D eigenvalue weighted by atomic mass is 9.81. The number of ether oxygens (including phenoxy) is 1. The van der Waals surface area contributed by atoms with Gasteiger partial charge in [0.05, 0.1) is 6.61 Å². The van der Waals surface area contributed by atoms with Gasteiger partial charge < -0.3 is 4.74 Å². The molecule has 126 valence electrons. The van der Waals surface area contributed by atoms with Gasteiger partial charge in [0, 0.05) is 5.57 Å². The van der Waals surface area contributed by atoms with Crippen molar-refractivity contribution < 1.29 is 22.3 Å². The summed E-state index contributed by atoms with van der Waals surface area (Å²) in [5.74, 6) is -7.96. The summed E-state index contributed by atoms with van der Waals surface area (Å²) in [5, 5.41) is 0. The fourth-order valence-corrected chi connectivity index (χ4v) is 3.12. The molecule has 0 bridgehead atoms. The van der Waals surface area contributed by atoms with Crippen molar-refractivity contribution in [3.63, 3.8) is 0 Å². The Labute approximate surface area is 129 Å². The summed E-state index contributed by atoms with van der Waals surface area (Å²) in [7, 11) is 0. The summed E-state index contributed by atoms with van der Waals surface area (Å²) in [6, 6.07) is 0. The molecule has 0 atom stereocenters. The first-order valence-electron chi connectivity index (χ1n) is 8.03. The van der Waals surface area contributed by atoms with E-state index in [0.717, 1.165) is 31.4 Å². The van der Waals surface area contributed by atoms with Crippen LogP contribution in [0.15, 0.2) is 23.5 Å². The van der Waals surface area contributed by atoms with Crippen molar-refractivity contribution in [3.05, 3.63) is 23.5 Å². The zero-order chi connectivity index (χ0) is 16.4. The standard InChI is InChI=1S/C17H24F4O/c1-12-5-8-14(9-6-12)4-3-11-22-15-10-7-13(2)16(18,19)17(15,20)21/h7,10,12,14H,3-6,8-9,11H2,1-2H3. The number of halogens is 4. The summed E-state index contributed by atoms with van der Waals surface area (Å²) in [4.78, 5) is 0. The first kappa shape index (κ1) is 17.4. The van der Waals surface area contributed by atoms with Gasteiger partial charge in [-0.25, -0.2) is 0 Å². The van der Waals surface area contributed by atoms with Gasteiger partial charge >= 0.3 is 11.8 Å². The van der Waals surface area contributed by atoms with Crippen LogP contribution in [0, 0.1) is 11.8 Å². The summed E-state index contributed by atoms with van der Waals surface area (Å²) < 4.78 is 59.5. The van der Waals surface area contributed by atoms with Gasteiger partial charge in [-0.15, -0.1) is 0 Å². The molecule has 0 aromatic carbocycles. The second-order valence-electron chi connectivity index (χ2n) is 6.65. The lowest BCUT2D eigenvalue weighted by Gasteiger charge is -2.31. The number of alkyl halides is 4. The predicted molar refractivity (Wildman–Crippen MR) is 78.0 cm³/mol. The van der Waals surface area contributed by atoms with Crippen LogP contribution in [0.2, 0.25) is 0 Å². The minimum absolute atomic E-state index is 0.0659. The Hall–Kier alpha value is -1.00. The van der Waals surface area contributed by atoms with E-state index < -0.39 is 23.2 Å². The third-order valence-corrected chi connectivity index (χ3v) is 4.83. The van der Waals surface area contributed by atoms with E-state index in [4.69, 9.17) is 4.74 Å². The highest BCUT2D eigenvalue weighted by atomic mass is 19.3. The van der Waals surface area contributed by atoms with Crippen molar-refractivity contribution in [1.82, 2.24) is 0 Å². The maximum absolute atomic E-state index is 13.7. The molecule has 0 aromatic rings. The maximum atomic E-state index is 13.7. The first-order valence-corrected chi connectivity index (χ1v) is 8.03. The summed E-state index contributed by atoms with van der Waals surface area (Å²) >= 11 is 0. The molecule has 0 unspecified atom stereocenters. The van der Waals surface area contributed by atoms with Gasteiger partial charge in [-0.05, 0) is 37.7 Å². The van der Waals surface area contributed by atoms with Crippen LogP contribution >= 0.6 is 0 Å². The van der Waals surface area contributed by atoms with Gasteiger partial charge in [0.15, 0.2) is 5.76 Å². The summed E-state index contributed by atoms with van der Waals surface area (Å²) in [6.45, 7) is 3.31. The van der Waals surface area contributed by atoms with Crippen LogP contribution in [0.3, 0.4) is 0 Å². The van der Waals surface area contributed by atoms with E-state index in [0.29, 0.717) is 12.3 Å². The molecular weight excluding hydrogens is 296 g/mol. The van der Waals surface area contributed by atoms with Crippen LogP contribution in [0.4, 0.5) is 17.6 Å². The lowest BCUT2D eigenvalue weighted by Crippen LogP contribution is -2.45. The molecule has 0 aliphatic heterocycles.